The Morgan fingerprint density at radius 3 is 2.05 bits per heavy atom. The molecule has 82 heavy (non-hydrogen) atoms. The van der Waals surface area contributed by atoms with Crippen molar-refractivity contribution in [2.75, 3.05) is 13.1 Å². The number of carbonyl (C=O) groups excluding carboxylic acids is 9. The van der Waals surface area contributed by atoms with E-state index in [0.29, 0.717) is 24.0 Å². The molecular weight excluding hydrogens is 1050 g/mol. The number of primary amides is 1. The quantitative estimate of drug-likeness (QED) is 0.0565. The van der Waals surface area contributed by atoms with Crippen LogP contribution < -0.4 is 59.7 Å². The number of hydrogen-bond donors (Lipinski definition) is 14. The van der Waals surface area contributed by atoms with Gasteiger partial charge in [-0.1, -0.05) is 86.6 Å². The number of nitrogens with two attached hydrogens (primary N) is 3. The van der Waals surface area contributed by atoms with Gasteiger partial charge in [-0.25, -0.2) is 0 Å². The number of aromatic amines is 1. The monoisotopic (exact) mass is 1130 g/mol. The van der Waals surface area contributed by atoms with Gasteiger partial charge < -0.3 is 74.9 Å². The SMILES string of the molecule is CC(C)[C@@H]1NC(=O)[C@H](CCCCN)NC(=O)[C@@H](Cc2c[nH]c3ccccc23)NC(=O)[C@H](Cc2ccc(O)cc2)NC(=O)[C@@H](NC(=O)[C@H](N)Cc2ccc3ccccc3c2)CCC(=O)NCCCC[C@@H](C(=O)N[C@H](C(N)=O)[C@@H](C)O)NC1=O. The summed E-state index contributed by atoms with van der Waals surface area (Å²) in [4.78, 5) is 130. The number of para-hydroxylation sites is 1. The molecule has 1 aliphatic heterocycles. The van der Waals surface area contributed by atoms with Gasteiger partial charge in [0.05, 0.1) is 12.1 Å². The fourth-order valence-electron chi connectivity index (χ4n) is 9.71. The molecule has 1 aromatic heterocycles. The standard InChI is InChI=1S/C59H78N12O11/c1-33(2)50-59(82)67-45(56(79)71-51(34(3)72)52(62)75)17-9-11-27-63-49(74)25-24-46(65-53(76)42(61)29-36-18-21-37-12-4-5-13-38(37)28-36)54(77)68-47(30-35-19-22-40(73)23-20-35)57(80)69-48(31-39-32-64-43-15-7-6-14-41(39)43)58(81)66-44(55(78)70-50)16-8-10-26-60/h4-7,12-15,18-23,28,32-34,42,44-48,50-51,64,72-73H,8-11,16-17,24-27,29-31,60-61H2,1-3H3,(H2,62,75)(H,63,74)(H,65,76)(H,66,81)(H,67,82)(H,68,77)(H,69,80)(H,70,78)(H,71,79)/t34-,42-,44+,45+,46+,47+,48-,50+,51+/m1/s1. The number of H-pyrrole nitrogens is 1. The Kier molecular flexibility index (Phi) is 23.3. The van der Waals surface area contributed by atoms with E-state index < -0.39 is 114 Å². The number of phenolic OH excluding ortho intramolecular Hbond substituents is 1. The van der Waals surface area contributed by atoms with Crippen molar-refractivity contribution in [2.45, 2.75) is 146 Å². The number of phenols is 1. The first-order valence-electron chi connectivity index (χ1n) is 27.8. The lowest BCUT2D eigenvalue weighted by molar-refractivity contribution is -0.136. The highest BCUT2D eigenvalue weighted by Gasteiger charge is 2.36. The van der Waals surface area contributed by atoms with Gasteiger partial charge >= 0.3 is 0 Å². The highest BCUT2D eigenvalue weighted by atomic mass is 16.3. The lowest BCUT2D eigenvalue weighted by Gasteiger charge is -2.29. The number of amides is 9. The van der Waals surface area contributed by atoms with Crippen molar-refractivity contribution in [1.82, 2.24) is 47.5 Å². The topological polar surface area (TPSA) is 384 Å². The molecule has 0 radical (unpaired) electrons. The van der Waals surface area contributed by atoms with Crippen molar-refractivity contribution in [3.8, 4) is 5.75 Å². The summed E-state index contributed by atoms with van der Waals surface area (Å²) >= 11 is 0. The van der Waals surface area contributed by atoms with Gasteiger partial charge in [-0.05, 0) is 116 Å². The predicted octanol–water partition coefficient (Wildman–Crippen LogP) is 0.507. The predicted molar refractivity (Wildman–Crippen MR) is 308 cm³/mol. The molecule has 0 bridgehead atoms. The average molecular weight is 1130 g/mol. The number of aliphatic hydroxyl groups excluding tert-OH is 1. The minimum atomic E-state index is -1.52. The second kappa shape index (κ2) is 30.4. The maximum atomic E-state index is 14.9. The first kappa shape index (κ1) is 62.8. The summed E-state index contributed by atoms with van der Waals surface area (Å²) in [5.41, 5.74) is 20.4. The van der Waals surface area contributed by atoms with Crippen LogP contribution in [-0.2, 0) is 62.4 Å². The number of fused-ring (bicyclic) bond motifs is 2. The van der Waals surface area contributed by atoms with Crippen LogP contribution in [0.3, 0.4) is 0 Å². The minimum absolute atomic E-state index is 0.0438. The summed E-state index contributed by atoms with van der Waals surface area (Å²) in [7, 11) is 0. The molecule has 1 saturated heterocycles. The molecule has 440 valence electrons. The third kappa shape index (κ3) is 18.3. The van der Waals surface area contributed by atoms with Crippen molar-refractivity contribution < 1.29 is 53.4 Å². The molecule has 9 atom stereocenters. The van der Waals surface area contributed by atoms with Crippen LogP contribution in [0, 0.1) is 5.92 Å². The van der Waals surface area contributed by atoms with Gasteiger partial charge in [0, 0.05) is 42.9 Å². The lowest BCUT2D eigenvalue weighted by atomic mass is 9.99. The number of hydrogen-bond acceptors (Lipinski definition) is 13. The molecule has 6 rings (SSSR count). The zero-order valence-corrected chi connectivity index (χ0v) is 46.5. The summed E-state index contributed by atoms with van der Waals surface area (Å²) < 4.78 is 0. The Morgan fingerprint density at radius 2 is 1.35 bits per heavy atom. The Morgan fingerprint density at radius 1 is 0.707 bits per heavy atom. The van der Waals surface area contributed by atoms with E-state index in [4.69, 9.17) is 17.2 Å². The summed E-state index contributed by atoms with van der Waals surface area (Å²) in [5.74, 6) is -7.85. The number of benzene rings is 4. The highest BCUT2D eigenvalue weighted by Crippen LogP contribution is 2.21. The van der Waals surface area contributed by atoms with Crippen LogP contribution in [0.25, 0.3) is 21.7 Å². The van der Waals surface area contributed by atoms with E-state index in [1.165, 1.54) is 19.1 Å². The number of unbranched alkanes of at least 4 members (excludes halogenated alkanes) is 1. The van der Waals surface area contributed by atoms with Crippen molar-refractivity contribution >= 4 is 74.8 Å². The Balaban J connectivity index is 1.37. The Labute approximate surface area is 475 Å². The lowest BCUT2D eigenvalue weighted by Crippen LogP contribution is -2.61. The Hall–Kier alpha value is -8.41. The van der Waals surface area contributed by atoms with Crippen LogP contribution in [0.15, 0.2) is 97.2 Å². The average Bonchev–Trinajstić information content (AvgIpc) is 3.89. The molecule has 0 unspecified atom stereocenters. The summed E-state index contributed by atoms with van der Waals surface area (Å²) in [5, 5.41) is 44.8. The fraction of sp³-hybridized carbons (Fsp3) is 0.441. The van der Waals surface area contributed by atoms with E-state index >= 15 is 0 Å². The van der Waals surface area contributed by atoms with Gasteiger partial charge in [-0.15, -0.1) is 0 Å². The minimum Gasteiger partial charge on any atom is -0.508 e. The van der Waals surface area contributed by atoms with E-state index in [-0.39, 0.29) is 76.6 Å². The van der Waals surface area contributed by atoms with E-state index in [2.05, 4.69) is 47.5 Å². The maximum absolute atomic E-state index is 14.9. The van der Waals surface area contributed by atoms with E-state index in [9.17, 15) is 53.4 Å². The van der Waals surface area contributed by atoms with Gasteiger partial charge in [-0.3, -0.25) is 43.2 Å². The number of aliphatic hydroxyl groups is 1. The zero-order chi connectivity index (χ0) is 59.5. The second-order valence-corrected chi connectivity index (χ2v) is 21.3. The van der Waals surface area contributed by atoms with Crippen molar-refractivity contribution in [3.05, 3.63) is 114 Å². The molecule has 2 heterocycles. The van der Waals surface area contributed by atoms with Crippen LogP contribution in [0.2, 0.25) is 0 Å². The Bertz CT molecular complexity index is 3040. The number of nitrogens with one attached hydrogen (secondary N) is 9. The zero-order valence-electron chi connectivity index (χ0n) is 46.5. The van der Waals surface area contributed by atoms with Gasteiger partial charge in [0.15, 0.2) is 0 Å². The molecule has 23 heteroatoms. The van der Waals surface area contributed by atoms with E-state index in [0.717, 1.165) is 27.2 Å². The first-order valence-corrected chi connectivity index (χ1v) is 27.8. The highest BCUT2D eigenvalue weighted by molar-refractivity contribution is 5.98. The molecule has 5 aromatic rings. The largest absolute Gasteiger partial charge is 0.508 e. The van der Waals surface area contributed by atoms with Gasteiger partial charge in [-0.2, -0.15) is 0 Å². The molecule has 23 nitrogen and oxygen atoms in total. The number of aromatic nitrogens is 1. The van der Waals surface area contributed by atoms with Gasteiger partial charge in [0.1, 0.15) is 48.0 Å². The first-order chi connectivity index (χ1) is 39.2. The summed E-state index contributed by atoms with van der Waals surface area (Å²) in [6.45, 7) is 4.90. The summed E-state index contributed by atoms with van der Waals surface area (Å²) in [6, 6.07) is 15.6. The van der Waals surface area contributed by atoms with Crippen LogP contribution in [0.5, 0.6) is 5.75 Å². The third-order valence-corrected chi connectivity index (χ3v) is 14.4. The van der Waals surface area contributed by atoms with Gasteiger partial charge in [0.25, 0.3) is 0 Å². The van der Waals surface area contributed by atoms with Crippen molar-refractivity contribution in [1.29, 1.82) is 0 Å². The molecule has 0 aliphatic carbocycles. The number of aromatic hydroxyl groups is 1. The molecule has 0 saturated carbocycles. The second-order valence-electron chi connectivity index (χ2n) is 21.3. The van der Waals surface area contributed by atoms with E-state index in [1.807, 2.05) is 60.7 Å². The van der Waals surface area contributed by atoms with Crippen LogP contribution >= 0.6 is 0 Å². The molecular formula is C59H78N12O11. The normalized spacial score (nSPS) is 21.5. The molecule has 1 aliphatic rings. The van der Waals surface area contributed by atoms with Crippen LogP contribution in [0.4, 0.5) is 0 Å². The van der Waals surface area contributed by atoms with Gasteiger partial charge in [0.2, 0.25) is 53.2 Å². The number of rotatable bonds is 17. The molecule has 4 aromatic carbocycles. The molecule has 0 spiro atoms. The van der Waals surface area contributed by atoms with Crippen molar-refractivity contribution in [2.24, 2.45) is 23.1 Å². The molecule has 9 amide bonds. The molecule has 17 N–H and O–H groups in total. The maximum Gasteiger partial charge on any atom is 0.243 e. The number of carbonyl (C=O) groups is 9. The van der Waals surface area contributed by atoms with E-state index in [1.54, 1.807) is 38.2 Å². The molecule has 1 fully saturated rings. The van der Waals surface area contributed by atoms with Crippen LogP contribution in [-0.4, -0.2) is 136 Å². The third-order valence-electron chi connectivity index (χ3n) is 14.4. The summed E-state index contributed by atoms with van der Waals surface area (Å²) in [6.07, 6.45) is 0.771. The van der Waals surface area contributed by atoms with Crippen molar-refractivity contribution in [3.63, 3.8) is 0 Å². The smallest absolute Gasteiger partial charge is 0.243 e. The fourth-order valence-corrected chi connectivity index (χ4v) is 9.71. The van der Waals surface area contributed by atoms with Crippen LogP contribution in [0.1, 0.15) is 88.8 Å².